The summed E-state index contributed by atoms with van der Waals surface area (Å²) in [7, 11) is 3.22. The highest BCUT2D eigenvalue weighted by molar-refractivity contribution is 14.1. The second-order valence-electron chi connectivity index (χ2n) is 14.6. The van der Waals surface area contributed by atoms with Gasteiger partial charge in [-0.25, -0.2) is 14.2 Å². The third-order valence-corrected chi connectivity index (χ3v) is 11.5. The average molecular weight is 920 g/mol. The Kier molecular flexibility index (Phi) is 11.6. The molecule has 0 radical (unpaired) electrons. The van der Waals surface area contributed by atoms with Crippen LogP contribution in [0.4, 0.5) is 25.2 Å². The number of nitrogens with zero attached hydrogens (tertiary/aromatic N) is 6. The number of ether oxygens (including phenoxy) is 4. The zero-order valence-electron chi connectivity index (χ0n) is 31.3. The molecule has 294 valence electrons. The Bertz CT molecular complexity index is 2200. The normalized spacial score (nSPS) is 16.9. The van der Waals surface area contributed by atoms with E-state index in [1.807, 2.05) is 80.9 Å². The summed E-state index contributed by atoms with van der Waals surface area (Å²) < 4.78 is 55.1. The summed E-state index contributed by atoms with van der Waals surface area (Å²) in [4.78, 5) is 31.6. The predicted octanol–water partition coefficient (Wildman–Crippen LogP) is 8.93. The summed E-state index contributed by atoms with van der Waals surface area (Å²) in [6, 6.07) is 17.7. The van der Waals surface area contributed by atoms with Crippen molar-refractivity contribution in [2.45, 2.75) is 51.5 Å². The highest BCUT2D eigenvalue weighted by Crippen LogP contribution is 2.43. The molecule has 0 saturated carbocycles. The number of carbonyl (C=O) groups is 1. The van der Waals surface area contributed by atoms with Crippen molar-refractivity contribution in [3.8, 4) is 22.8 Å². The van der Waals surface area contributed by atoms with Crippen LogP contribution in [0.5, 0.6) is 11.5 Å². The van der Waals surface area contributed by atoms with Crippen LogP contribution in [0.3, 0.4) is 0 Å². The molecule has 2 unspecified atom stereocenters. The van der Waals surface area contributed by atoms with Crippen LogP contribution < -0.4 is 19.3 Å². The lowest BCUT2D eigenvalue weighted by molar-refractivity contribution is -0.0107. The molecule has 2 aliphatic heterocycles. The Morgan fingerprint density at radius 3 is 2.00 bits per heavy atom. The van der Waals surface area contributed by atoms with E-state index in [-0.39, 0.29) is 59.3 Å². The average Bonchev–Trinajstić information content (AvgIpc) is 3.15. The van der Waals surface area contributed by atoms with E-state index in [4.69, 9.17) is 47.1 Å². The number of rotatable bonds is 9. The minimum absolute atomic E-state index is 0.00995. The van der Waals surface area contributed by atoms with Crippen LogP contribution in [0.25, 0.3) is 22.2 Å². The topological polar surface area (TPSA) is 102 Å². The van der Waals surface area contributed by atoms with E-state index >= 15 is 8.78 Å². The van der Waals surface area contributed by atoms with Gasteiger partial charge in [-0.05, 0) is 84.8 Å². The quantitative estimate of drug-likeness (QED) is 0.105. The van der Waals surface area contributed by atoms with E-state index < -0.39 is 35.7 Å². The van der Waals surface area contributed by atoms with Crippen molar-refractivity contribution in [2.75, 3.05) is 50.3 Å². The Balaban J connectivity index is 1.29. The highest BCUT2D eigenvalue weighted by atomic mass is 127. The number of fused-ring (bicyclic) bond motifs is 3. The number of pyridine rings is 1. The van der Waals surface area contributed by atoms with Crippen molar-refractivity contribution in [1.29, 1.82) is 0 Å². The lowest BCUT2D eigenvalue weighted by Gasteiger charge is -2.50. The lowest BCUT2D eigenvalue weighted by atomic mass is 10.0. The van der Waals surface area contributed by atoms with Gasteiger partial charge >= 0.3 is 12.2 Å². The molecule has 11 nitrogen and oxygen atoms in total. The third kappa shape index (κ3) is 8.38. The van der Waals surface area contributed by atoms with Crippen LogP contribution >= 0.6 is 45.8 Å². The molecule has 2 atom stereocenters. The molecule has 2 saturated heterocycles. The SMILES string of the molecule is COc1ccc(CN(Cc2ccc(OC)cc2)c2cc(Cl)c(I)c(-c3c(Cl)cc4c(N5C6COCC5CN(C(=O)OC(C)(C)C)C6)nc(F)nc4c3F)n2)cc1. The molecule has 2 fully saturated rings. The van der Waals surface area contributed by atoms with Gasteiger partial charge in [-0.3, -0.25) is 0 Å². The van der Waals surface area contributed by atoms with Crippen molar-refractivity contribution >= 4 is 74.4 Å². The van der Waals surface area contributed by atoms with Crippen LogP contribution in [0.2, 0.25) is 10.0 Å². The molecule has 7 rings (SSSR count). The Labute approximate surface area is 347 Å². The van der Waals surface area contributed by atoms with E-state index in [0.717, 1.165) is 22.6 Å². The minimum Gasteiger partial charge on any atom is -0.497 e. The van der Waals surface area contributed by atoms with Gasteiger partial charge in [-0.2, -0.15) is 14.4 Å². The predicted molar refractivity (Wildman–Crippen MR) is 220 cm³/mol. The molecule has 2 aromatic heterocycles. The van der Waals surface area contributed by atoms with Crippen molar-refractivity contribution < 1.29 is 32.5 Å². The fraction of sp³-hybridized carbons (Fsp3) is 0.350. The van der Waals surface area contributed by atoms with Crippen molar-refractivity contribution in [3.05, 3.63) is 97.3 Å². The number of anilines is 2. The van der Waals surface area contributed by atoms with E-state index in [9.17, 15) is 4.79 Å². The van der Waals surface area contributed by atoms with Gasteiger partial charge in [-0.1, -0.05) is 47.5 Å². The van der Waals surface area contributed by atoms with Gasteiger partial charge in [-0.15, -0.1) is 0 Å². The zero-order chi connectivity index (χ0) is 39.9. The maximum Gasteiger partial charge on any atom is 0.410 e. The summed E-state index contributed by atoms with van der Waals surface area (Å²) in [5.74, 6) is 1.17. The summed E-state index contributed by atoms with van der Waals surface area (Å²) in [5.41, 5.74) is 1.07. The Morgan fingerprint density at radius 2 is 1.46 bits per heavy atom. The molecule has 0 spiro atoms. The zero-order valence-corrected chi connectivity index (χ0v) is 35.0. The fourth-order valence-corrected chi connectivity index (χ4v) is 8.00. The molecule has 1 amide bonds. The van der Waals surface area contributed by atoms with Crippen LogP contribution in [0.15, 0.2) is 60.7 Å². The third-order valence-electron chi connectivity index (χ3n) is 9.53. The number of morpholine rings is 1. The van der Waals surface area contributed by atoms with Crippen LogP contribution in [0, 0.1) is 15.5 Å². The van der Waals surface area contributed by atoms with Gasteiger partial charge in [0.25, 0.3) is 0 Å². The molecule has 0 aliphatic carbocycles. The summed E-state index contributed by atoms with van der Waals surface area (Å²) >= 11 is 15.9. The number of methoxy groups -OCH3 is 2. The van der Waals surface area contributed by atoms with Gasteiger partial charge in [0.05, 0.1) is 64.4 Å². The number of hydrogen-bond acceptors (Lipinski definition) is 10. The molecule has 0 N–H and O–H groups in total. The molecular formula is C40H39Cl2F2IN6O5. The Morgan fingerprint density at radius 1 is 0.893 bits per heavy atom. The van der Waals surface area contributed by atoms with Gasteiger partial charge in [0.15, 0.2) is 5.82 Å². The molecule has 3 aromatic carbocycles. The first-order valence-electron chi connectivity index (χ1n) is 17.8. The smallest absolute Gasteiger partial charge is 0.410 e. The van der Waals surface area contributed by atoms with Crippen molar-refractivity contribution in [2.24, 2.45) is 0 Å². The monoisotopic (exact) mass is 918 g/mol. The number of hydrogen-bond donors (Lipinski definition) is 0. The maximum atomic E-state index is 17.1. The molecule has 4 heterocycles. The summed E-state index contributed by atoms with van der Waals surface area (Å²) in [6.07, 6.45) is -1.58. The van der Waals surface area contributed by atoms with E-state index in [0.29, 0.717) is 27.5 Å². The number of aromatic nitrogens is 3. The van der Waals surface area contributed by atoms with Gasteiger partial charge in [0.2, 0.25) is 0 Å². The Hall–Kier alpha value is -4.25. The lowest BCUT2D eigenvalue weighted by Crippen LogP contribution is -2.66. The van der Waals surface area contributed by atoms with E-state index in [1.165, 1.54) is 6.07 Å². The molecular weight excluding hydrogens is 880 g/mol. The molecule has 16 heteroatoms. The summed E-state index contributed by atoms with van der Waals surface area (Å²) in [6.45, 7) is 7.15. The minimum atomic E-state index is -1.12. The van der Waals surface area contributed by atoms with E-state index in [1.54, 1.807) is 46.0 Å². The van der Waals surface area contributed by atoms with Crippen LogP contribution in [-0.2, 0) is 22.6 Å². The largest absolute Gasteiger partial charge is 0.497 e. The molecule has 2 bridgehead atoms. The maximum absolute atomic E-state index is 17.1. The van der Waals surface area contributed by atoms with Crippen molar-refractivity contribution in [3.63, 3.8) is 0 Å². The van der Waals surface area contributed by atoms with Gasteiger partial charge in [0.1, 0.15) is 34.3 Å². The number of carbonyl (C=O) groups excluding carboxylic acids is 1. The molecule has 2 aliphatic rings. The summed E-state index contributed by atoms with van der Waals surface area (Å²) in [5, 5.41) is 0.537. The second kappa shape index (κ2) is 16.3. The number of piperazine rings is 1. The van der Waals surface area contributed by atoms with Crippen molar-refractivity contribution in [1.82, 2.24) is 19.9 Å². The first-order chi connectivity index (χ1) is 26.7. The van der Waals surface area contributed by atoms with Gasteiger partial charge in [0, 0.05) is 37.6 Å². The standard InChI is InChI=1S/C40H39Cl2F2IN6O5/c1-40(2,3)56-39(52)50-18-24-20-55-21-25(19-50)51(24)37-28-14-29(41)32(33(43)35(28)47-38(44)48-37)36-34(45)30(42)15-31(46-36)49(16-22-6-10-26(53-4)11-7-22)17-23-8-12-27(54-5)13-9-23/h6-15,24-25H,16-21H2,1-5H3. The fourth-order valence-electron chi connectivity index (χ4n) is 6.99. The van der Waals surface area contributed by atoms with E-state index in [2.05, 4.69) is 9.97 Å². The number of halogens is 5. The van der Waals surface area contributed by atoms with Crippen LogP contribution in [-0.4, -0.2) is 84.2 Å². The number of amides is 1. The first kappa shape index (κ1) is 40.0. The number of benzene rings is 3. The first-order valence-corrected chi connectivity index (χ1v) is 19.6. The second-order valence-corrected chi connectivity index (χ2v) is 16.5. The highest BCUT2D eigenvalue weighted by Gasteiger charge is 2.43. The molecule has 5 aromatic rings. The molecule has 56 heavy (non-hydrogen) atoms. The van der Waals surface area contributed by atoms with Gasteiger partial charge < -0.3 is 33.6 Å². The van der Waals surface area contributed by atoms with Crippen LogP contribution in [0.1, 0.15) is 31.9 Å².